The number of halogens is 1. The van der Waals surface area contributed by atoms with Gasteiger partial charge in [-0.25, -0.2) is 4.98 Å². The van der Waals surface area contributed by atoms with Crippen LogP contribution in [0.2, 0.25) is 0 Å². The van der Waals surface area contributed by atoms with Crippen molar-refractivity contribution < 1.29 is 0 Å². The Hall–Kier alpha value is -1.31. The lowest BCUT2D eigenvalue weighted by molar-refractivity contribution is 0.695. The van der Waals surface area contributed by atoms with Gasteiger partial charge in [0.1, 0.15) is 5.82 Å². The highest BCUT2D eigenvalue weighted by atomic mass is 127. The highest BCUT2D eigenvalue weighted by molar-refractivity contribution is 14.0. The maximum Gasteiger partial charge on any atom is 0.191 e. The van der Waals surface area contributed by atoms with Crippen LogP contribution in [0.3, 0.4) is 0 Å². The van der Waals surface area contributed by atoms with Gasteiger partial charge >= 0.3 is 0 Å². The van der Waals surface area contributed by atoms with E-state index in [0.717, 1.165) is 36.9 Å². The van der Waals surface area contributed by atoms with Crippen molar-refractivity contribution in [2.24, 2.45) is 4.99 Å². The second-order valence-electron chi connectivity index (χ2n) is 5.48. The number of para-hydroxylation sites is 2. The molecule has 1 aromatic carbocycles. The van der Waals surface area contributed by atoms with Crippen molar-refractivity contribution in [3.8, 4) is 0 Å². The van der Waals surface area contributed by atoms with E-state index in [-0.39, 0.29) is 24.0 Å². The Bertz CT molecular complexity index is 645. The second kappa shape index (κ2) is 7.80. The average Bonchev–Trinajstić information content (AvgIpc) is 3.23. The lowest BCUT2D eigenvalue weighted by Gasteiger charge is -2.11. The Kier molecular flexibility index (Phi) is 6.05. The van der Waals surface area contributed by atoms with Crippen LogP contribution >= 0.6 is 24.0 Å². The zero-order chi connectivity index (χ0) is 14.7. The average molecular weight is 413 g/mol. The van der Waals surface area contributed by atoms with Crippen molar-refractivity contribution in [1.29, 1.82) is 0 Å². The number of aryl methyl sites for hydroxylation is 1. The molecule has 0 saturated heterocycles. The molecule has 1 heterocycles. The van der Waals surface area contributed by atoms with Gasteiger partial charge < -0.3 is 15.2 Å². The van der Waals surface area contributed by atoms with E-state index in [9.17, 15) is 0 Å². The predicted molar refractivity (Wildman–Crippen MR) is 102 cm³/mol. The summed E-state index contributed by atoms with van der Waals surface area (Å²) in [5.74, 6) is 1.98. The molecule has 5 nitrogen and oxygen atoms in total. The molecule has 1 aliphatic rings. The Morgan fingerprint density at radius 1 is 1.36 bits per heavy atom. The van der Waals surface area contributed by atoms with Crippen LogP contribution in [-0.4, -0.2) is 34.6 Å². The maximum atomic E-state index is 4.66. The van der Waals surface area contributed by atoms with Gasteiger partial charge in [-0.3, -0.25) is 4.99 Å². The minimum atomic E-state index is 0. The van der Waals surface area contributed by atoms with Gasteiger partial charge in [0.25, 0.3) is 0 Å². The standard InChI is InChI=1S/C16H23N5.HI/c1-3-17-16(20-13-8-9-13)18-10-11-21-12(2)19-14-6-4-5-7-15(14)21;/h4-7,13H,3,8-11H2,1-2H3,(H2,17,18,20);1H. The fourth-order valence-corrected chi connectivity index (χ4v) is 2.48. The summed E-state index contributed by atoms with van der Waals surface area (Å²) in [6.45, 7) is 6.65. The first-order valence-corrected chi connectivity index (χ1v) is 7.74. The van der Waals surface area contributed by atoms with Gasteiger partial charge in [0.05, 0.1) is 17.6 Å². The van der Waals surface area contributed by atoms with E-state index < -0.39 is 0 Å². The van der Waals surface area contributed by atoms with E-state index in [0.29, 0.717) is 6.04 Å². The molecule has 2 aromatic rings. The fraction of sp³-hybridized carbons (Fsp3) is 0.500. The highest BCUT2D eigenvalue weighted by Gasteiger charge is 2.21. The van der Waals surface area contributed by atoms with Gasteiger partial charge in [-0.1, -0.05) is 12.1 Å². The number of fused-ring (bicyclic) bond motifs is 1. The summed E-state index contributed by atoms with van der Waals surface area (Å²) in [4.78, 5) is 9.25. The first-order chi connectivity index (χ1) is 10.3. The number of nitrogens with one attached hydrogen (secondary N) is 2. The first-order valence-electron chi connectivity index (χ1n) is 7.74. The summed E-state index contributed by atoms with van der Waals surface area (Å²) in [5.41, 5.74) is 2.24. The molecule has 1 saturated carbocycles. The van der Waals surface area contributed by atoms with Crippen LogP contribution in [0.25, 0.3) is 11.0 Å². The summed E-state index contributed by atoms with van der Waals surface area (Å²) < 4.78 is 2.24. The molecule has 3 rings (SSSR count). The molecule has 0 aliphatic heterocycles. The lowest BCUT2D eigenvalue weighted by atomic mass is 10.3. The number of aliphatic imine (C=N–C) groups is 1. The number of nitrogens with zero attached hydrogens (tertiary/aromatic N) is 3. The molecule has 0 bridgehead atoms. The minimum absolute atomic E-state index is 0. The van der Waals surface area contributed by atoms with Crippen LogP contribution < -0.4 is 10.6 Å². The number of aromatic nitrogens is 2. The van der Waals surface area contributed by atoms with Gasteiger partial charge in [0.2, 0.25) is 0 Å². The van der Waals surface area contributed by atoms with E-state index in [1.165, 1.54) is 18.4 Å². The van der Waals surface area contributed by atoms with Crippen LogP contribution in [0.4, 0.5) is 0 Å². The van der Waals surface area contributed by atoms with Crippen molar-refractivity contribution in [3.63, 3.8) is 0 Å². The third kappa shape index (κ3) is 4.12. The number of imidazole rings is 1. The number of rotatable bonds is 5. The minimum Gasteiger partial charge on any atom is -0.357 e. The molecular formula is C16H24IN5. The van der Waals surface area contributed by atoms with Crippen LogP contribution in [0.1, 0.15) is 25.6 Å². The van der Waals surface area contributed by atoms with Crippen molar-refractivity contribution in [1.82, 2.24) is 20.2 Å². The summed E-state index contributed by atoms with van der Waals surface area (Å²) in [7, 11) is 0. The third-order valence-corrected chi connectivity index (χ3v) is 3.70. The molecule has 0 unspecified atom stereocenters. The predicted octanol–water partition coefficient (Wildman–Crippen LogP) is 2.68. The third-order valence-electron chi connectivity index (χ3n) is 3.70. The van der Waals surface area contributed by atoms with Gasteiger partial charge in [-0.2, -0.15) is 0 Å². The smallest absolute Gasteiger partial charge is 0.191 e. The first kappa shape index (κ1) is 17.1. The molecule has 1 aliphatic carbocycles. The van der Waals surface area contributed by atoms with Crippen LogP contribution in [0.15, 0.2) is 29.3 Å². The zero-order valence-corrected chi connectivity index (χ0v) is 15.5. The maximum absolute atomic E-state index is 4.66. The molecule has 0 amide bonds. The highest BCUT2D eigenvalue weighted by Crippen LogP contribution is 2.18. The molecule has 0 radical (unpaired) electrons. The molecule has 0 atom stereocenters. The molecule has 22 heavy (non-hydrogen) atoms. The second-order valence-corrected chi connectivity index (χ2v) is 5.48. The van der Waals surface area contributed by atoms with E-state index in [1.54, 1.807) is 0 Å². The van der Waals surface area contributed by atoms with Gasteiger partial charge in [-0.05, 0) is 38.8 Å². The Balaban J connectivity index is 0.00000176. The summed E-state index contributed by atoms with van der Waals surface area (Å²) >= 11 is 0. The SMILES string of the molecule is CCNC(=NCCn1c(C)nc2ccccc21)NC1CC1.I. The summed E-state index contributed by atoms with van der Waals surface area (Å²) in [6.07, 6.45) is 2.52. The van der Waals surface area contributed by atoms with Crippen molar-refractivity contribution in [2.75, 3.05) is 13.1 Å². The molecular weight excluding hydrogens is 389 g/mol. The van der Waals surface area contributed by atoms with Crippen LogP contribution in [-0.2, 0) is 6.54 Å². The van der Waals surface area contributed by atoms with Crippen LogP contribution in [0.5, 0.6) is 0 Å². The summed E-state index contributed by atoms with van der Waals surface area (Å²) in [5, 5.41) is 6.74. The Morgan fingerprint density at radius 3 is 2.86 bits per heavy atom. The number of hydrogen-bond acceptors (Lipinski definition) is 2. The summed E-state index contributed by atoms with van der Waals surface area (Å²) in [6, 6.07) is 8.88. The molecule has 6 heteroatoms. The van der Waals surface area contributed by atoms with E-state index in [2.05, 4.69) is 57.2 Å². The largest absolute Gasteiger partial charge is 0.357 e. The Labute approximate surface area is 148 Å². The van der Waals surface area contributed by atoms with Crippen molar-refractivity contribution in [3.05, 3.63) is 30.1 Å². The molecule has 1 fully saturated rings. The molecule has 2 N–H and O–H groups in total. The number of benzene rings is 1. The van der Waals surface area contributed by atoms with E-state index >= 15 is 0 Å². The van der Waals surface area contributed by atoms with Gasteiger partial charge in [-0.15, -0.1) is 24.0 Å². The Morgan fingerprint density at radius 2 is 2.14 bits per heavy atom. The van der Waals surface area contributed by atoms with E-state index in [1.807, 2.05) is 6.07 Å². The molecule has 1 aromatic heterocycles. The molecule has 0 spiro atoms. The number of guanidine groups is 1. The topological polar surface area (TPSA) is 54.2 Å². The lowest BCUT2D eigenvalue weighted by Crippen LogP contribution is -2.38. The van der Waals surface area contributed by atoms with E-state index in [4.69, 9.17) is 0 Å². The zero-order valence-electron chi connectivity index (χ0n) is 13.2. The van der Waals surface area contributed by atoms with Gasteiger partial charge in [0.15, 0.2) is 5.96 Å². The van der Waals surface area contributed by atoms with Gasteiger partial charge in [0, 0.05) is 19.1 Å². The normalized spacial score (nSPS) is 14.7. The van der Waals surface area contributed by atoms with Crippen molar-refractivity contribution >= 4 is 41.0 Å². The number of hydrogen-bond donors (Lipinski definition) is 2. The fourth-order valence-electron chi connectivity index (χ4n) is 2.48. The molecule has 120 valence electrons. The monoisotopic (exact) mass is 413 g/mol. The quantitative estimate of drug-likeness (QED) is 0.450. The van der Waals surface area contributed by atoms with Crippen molar-refractivity contribution in [2.45, 2.75) is 39.3 Å². The van der Waals surface area contributed by atoms with Crippen LogP contribution in [0, 0.1) is 6.92 Å².